The average Bonchev–Trinajstić information content (AvgIpc) is 2.91. The van der Waals surface area contributed by atoms with Crippen LogP contribution in [-0.4, -0.2) is 76.1 Å². The molecule has 0 bridgehead atoms. The predicted molar refractivity (Wildman–Crippen MR) is 71.3 cm³/mol. The van der Waals surface area contributed by atoms with Gasteiger partial charge in [0.05, 0.1) is 6.33 Å². The Morgan fingerprint density at radius 1 is 1.45 bits per heavy atom. The zero-order valence-electron chi connectivity index (χ0n) is 11.4. The van der Waals surface area contributed by atoms with Crippen LogP contribution in [0.2, 0.25) is 0 Å². The average molecular weight is 281 g/mol. The number of hydrogen-bond acceptors (Lipinski definition) is 4. The summed E-state index contributed by atoms with van der Waals surface area (Å²) in [4.78, 5) is 33.7. The van der Waals surface area contributed by atoms with Gasteiger partial charge in [-0.25, -0.2) is 14.6 Å². The molecule has 0 aliphatic carbocycles. The van der Waals surface area contributed by atoms with E-state index in [9.17, 15) is 14.7 Å². The molecule has 1 saturated heterocycles. The van der Waals surface area contributed by atoms with E-state index in [0.717, 1.165) is 13.1 Å². The lowest BCUT2D eigenvalue weighted by Crippen LogP contribution is -2.54. The van der Waals surface area contributed by atoms with Crippen LogP contribution in [0.4, 0.5) is 4.79 Å². The number of imidazole rings is 1. The Morgan fingerprint density at radius 2 is 2.15 bits per heavy atom. The molecule has 1 fully saturated rings. The number of rotatable bonds is 4. The topological polar surface area (TPSA) is 102 Å². The molecule has 2 rings (SSSR count). The van der Waals surface area contributed by atoms with Crippen molar-refractivity contribution in [1.82, 2.24) is 25.1 Å². The first-order valence-electron chi connectivity index (χ1n) is 6.50. The van der Waals surface area contributed by atoms with Crippen LogP contribution < -0.4 is 5.32 Å². The van der Waals surface area contributed by atoms with E-state index in [-0.39, 0.29) is 12.5 Å². The van der Waals surface area contributed by atoms with Crippen LogP contribution in [-0.2, 0) is 11.2 Å². The van der Waals surface area contributed by atoms with Crippen molar-refractivity contribution in [2.24, 2.45) is 0 Å². The molecule has 0 radical (unpaired) electrons. The van der Waals surface area contributed by atoms with Crippen LogP contribution in [0.1, 0.15) is 5.69 Å². The Labute approximate surface area is 116 Å². The van der Waals surface area contributed by atoms with Crippen molar-refractivity contribution in [2.45, 2.75) is 12.5 Å². The van der Waals surface area contributed by atoms with Crippen LogP contribution in [0.5, 0.6) is 0 Å². The monoisotopic (exact) mass is 281 g/mol. The quantitative estimate of drug-likeness (QED) is 0.681. The van der Waals surface area contributed by atoms with E-state index < -0.39 is 12.0 Å². The summed E-state index contributed by atoms with van der Waals surface area (Å²) in [5.41, 5.74) is 0.677. The highest BCUT2D eigenvalue weighted by molar-refractivity contribution is 5.82. The van der Waals surface area contributed by atoms with E-state index in [1.54, 1.807) is 11.1 Å². The van der Waals surface area contributed by atoms with Crippen LogP contribution in [0, 0.1) is 0 Å². The minimum atomic E-state index is -1.05. The predicted octanol–water partition coefficient (Wildman–Crippen LogP) is -0.638. The fourth-order valence-corrected chi connectivity index (χ4v) is 2.07. The number of piperazine rings is 1. The van der Waals surface area contributed by atoms with Gasteiger partial charge in [-0.3, -0.25) is 0 Å². The normalized spacial score (nSPS) is 17.8. The molecule has 110 valence electrons. The number of carbonyl (C=O) groups is 2. The van der Waals surface area contributed by atoms with Crippen molar-refractivity contribution in [2.75, 3.05) is 33.2 Å². The second-order valence-electron chi connectivity index (χ2n) is 4.91. The summed E-state index contributed by atoms with van der Waals surface area (Å²) in [6, 6.07) is -1.28. The van der Waals surface area contributed by atoms with Gasteiger partial charge in [-0.15, -0.1) is 0 Å². The summed E-state index contributed by atoms with van der Waals surface area (Å²) in [5, 5.41) is 11.7. The molecule has 1 aromatic heterocycles. The number of H-pyrrole nitrogens is 1. The Kier molecular flexibility index (Phi) is 4.57. The van der Waals surface area contributed by atoms with Crippen LogP contribution in [0.15, 0.2) is 12.5 Å². The first-order chi connectivity index (χ1) is 9.56. The van der Waals surface area contributed by atoms with Gasteiger partial charge >= 0.3 is 12.0 Å². The van der Waals surface area contributed by atoms with Gasteiger partial charge in [-0.1, -0.05) is 0 Å². The molecule has 8 heteroatoms. The highest BCUT2D eigenvalue weighted by Gasteiger charge is 2.25. The van der Waals surface area contributed by atoms with E-state index >= 15 is 0 Å². The molecule has 2 amide bonds. The van der Waals surface area contributed by atoms with Gasteiger partial charge in [0, 0.05) is 44.5 Å². The minimum Gasteiger partial charge on any atom is -0.480 e. The molecule has 20 heavy (non-hydrogen) atoms. The molecule has 8 nitrogen and oxygen atoms in total. The van der Waals surface area contributed by atoms with Crippen molar-refractivity contribution in [3.63, 3.8) is 0 Å². The van der Waals surface area contributed by atoms with E-state index in [1.165, 1.54) is 6.33 Å². The van der Waals surface area contributed by atoms with Crippen molar-refractivity contribution in [3.05, 3.63) is 18.2 Å². The summed E-state index contributed by atoms with van der Waals surface area (Å²) in [6.07, 6.45) is 3.23. The molecule has 1 atom stereocenters. The Morgan fingerprint density at radius 3 is 2.70 bits per heavy atom. The highest BCUT2D eigenvalue weighted by Crippen LogP contribution is 2.03. The van der Waals surface area contributed by atoms with Crippen LogP contribution in [0.25, 0.3) is 0 Å². The molecule has 3 N–H and O–H groups in total. The SMILES string of the molecule is CN1CCN(C(=O)N[C@@H](Cc2cnc[nH]2)C(=O)O)CC1. The number of aliphatic carboxylic acids is 1. The number of aromatic nitrogens is 2. The Bertz CT molecular complexity index is 454. The van der Waals surface area contributed by atoms with Gasteiger partial charge in [-0.2, -0.15) is 0 Å². The first-order valence-corrected chi connectivity index (χ1v) is 6.50. The molecule has 2 heterocycles. The summed E-state index contributed by atoms with van der Waals surface area (Å²) in [7, 11) is 1.99. The molecule has 0 spiro atoms. The maximum absolute atomic E-state index is 12.1. The molecule has 1 aliphatic rings. The highest BCUT2D eigenvalue weighted by atomic mass is 16.4. The Balaban J connectivity index is 1.90. The zero-order valence-corrected chi connectivity index (χ0v) is 11.4. The van der Waals surface area contributed by atoms with Crippen molar-refractivity contribution in [3.8, 4) is 0 Å². The van der Waals surface area contributed by atoms with E-state index in [0.29, 0.717) is 18.8 Å². The second kappa shape index (κ2) is 6.38. The van der Waals surface area contributed by atoms with Crippen LogP contribution in [0.3, 0.4) is 0 Å². The lowest BCUT2D eigenvalue weighted by atomic mass is 10.1. The smallest absolute Gasteiger partial charge is 0.326 e. The fourth-order valence-electron chi connectivity index (χ4n) is 2.07. The van der Waals surface area contributed by atoms with Crippen molar-refractivity contribution in [1.29, 1.82) is 0 Å². The fraction of sp³-hybridized carbons (Fsp3) is 0.583. The summed E-state index contributed by atoms with van der Waals surface area (Å²) in [5.74, 6) is -1.05. The van der Waals surface area contributed by atoms with Crippen molar-refractivity contribution < 1.29 is 14.7 Å². The largest absolute Gasteiger partial charge is 0.480 e. The number of carboxylic acid groups (broad SMARTS) is 1. The molecule has 1 aromatic rings. The van der Waals surface area contributed by atoms with Gasteiger partial charge in [0.15, 0.2) is 0 Å². The molecule has 0 aromatic carbocycles. The van der Waals surface area contributed by atoms with Gasteiger partial charge < -0.3 is 25.2 Å². The second-order valence-corrected chi connectivity index (χ2v) is 4.91. The number of urea groups is 1. The lowest BCUT2D eigenvalue weighted by molar-refractivity contribution is -0.139. The number of nitrogens with one attached hydrogen (secondary N) is 2. The molecular formula is C12H19N5O3. The molecule has 0 saturated carbocycles. The number of carboxylic acids is 1. The number of carbonyl (C=O) groups excluding carboxylic acids is 1. The maximum Gasteiger partial charge on any atom is 0.326 e. The van der Waals surface area contributed by atoms with Gasteiger partial charge in [0.1, 0.15) is 6.04 Å². The molecule has 0 unspecified atom stereocenters. The van der Waals surface area contributed by atoms with Gasteiger partial charge in [0.25, 0.3) is 0 Å². The molecular weight excluding hydrogens is 262 g/mol. The third kappa shape index (κ3) is 3.70. The maximum atomic E-state index is 12.1. The van der Waals surface area contributed by atoms with Gasteiger partial charge in [0.2, 0.25) is 0 Å². The summed E-state index contributed by atoms with van der Waals surface area (Å²) < 4.78 is 0. The number of aromatic amines is 1. The van der Waals surface area contributed by atoms with E-state index in [1.807, 2.05) is 7.05 Å². The Hall–Kier alpha value is -2.09. The minimum absolute atomic E-state index is 0.189. The summed E-state index contributed by atoms with van der Waals surface area (Å²) >= 11 is 0. The van der Waals surface area contributed by atoms with E-state index in [2.05, 4.69) is 20.2 Å². The third-order valence-corrected chi connectivity index (χ3v) is 3.37. The van der Waals surface area contributed by atoms with E-state index in [4.69, 9.17) is 0 Å². The number of hydrogen-bond donors (Lipinski definition) is 3. The van der Waals surface area contributed by atoms with Gasteiger partial charge in [-0.05, 0) is 7.05 Å². The first kappa shape index (κ1) is 14.3. The number of amides is 2. The lowest BCUT2D eigenvalue weighted by Gasteiger charge is -2.33. The summed E-state index contributed by atoms with van der Waals surface area (Å²) in [6.45, 7) is 2.81. The standard InChI is InChI=1S/C12H19N5O3/c1-16-2-4-17(5-3-16)12(20)15-10(11(18)19)6-9-7-13-8-14-9/h7-8,10H,2-6H2,1H3,(H,13,14)(H,15,20)(H,18,19)/t10-/m0/s1. The number of nitrogens with zero attached hydrogens (tertiary/aromatic N) is 3. The third-order valence-electron chi connectivity index (χ3n) is 3.37. The molecule has 1 aliphatic heterocycles. The van der Waals surface area contributed by atoms with Crippen molar-refractivity contribution >= 4 is 12.0 Å². The number of likely N-dealkylation sites (N-methyl/N-ethyl adjacent to an activating group) is 1. The zero-order chi connectivity index (χ0) is 14.5. The van der Waals surface area contributed by atoms with Crippen LogP contribution >= 0.6 is 0 Å².